The van der Waals surface area contributed by atoms with E-state index in [1.165, 1.54) is 5.56 Å². The number of hydrogen-bond donors (Lipinski definition) is 2. The van der Waals surface area contributed by atoms with E-state index in [0.29, 0.717) is 5.92 Å². The van der Waals surface area contributed by atoms with Crippen molar-refractivity contribution < 1.29 is 0 Å². The summed E-state index contributed by atoms with van der Waals surface area (Å²) in [7, 11) is 1.88. The van der Waals surface area contributed by atoms with Gasteiger partial charge in [-0.25, -0.2) is 9.97 Å². The van der Waals surface area contributed by atoms with Gasteiger partial charge < -0.3 is 10.6 Å². The van der Waals surface area contributed by atoms with Crippen LogP contribution in [0.25, 0.3) is 0 Å². The van der Waals surface area contributed by atoms with Crippen LogP contribution in [0.5, 0.6) is 0 Å². The molecule has 0 spiro atoms. The van der Waals surface area contributed by atoms with Crippen molar-refractivity contribution in [3.05, 3.63) is 47.3 Å². The first kappa shape index (κ1) is 15.3. The standard InChI is InChI=1S/C17H24N4/c1-12(15-8-6-5-7-9-15)10-11-19-17-13(2)16(18-4)20-14(3)21-17/h5-9,12H,10-11H2,1-4H3,(H2,18,19,20,21). The maximum atomic E-state index is 4.49. The molecule has 1 unspecified atom stereocenters. The summed E-state index contributed by atoms with van der Waals surface area (Å²) in [6.07, 6.45) is 1.07. The van der Waals surface area contributed by atoms with Crippen LogP contribution in [0, 0.1) is 13.8 Å². The fourth-order valence-electron chi connectivity index (χ4n) is 2.40. The highest BCUT2D eigenvalue weighted by Gasteiger charge is 2.09. The molecule has 0 fully saturated rings. The van der Waals surface area contributed by atoms with Crippen molar-refractivity contribution in [3.8, 4) is 0 Å². The Bertz CT molecular complexity index is 581. The van der Waals surface area contributed by atoms with E-state index in [9.17, 15) is 0 Å². The second-order valence-electron chi connectivity index (χ2n) is 5.37. The molecule has 0 amide bonds. The Morgan fingerprint density at radius 1 is 1.05 bits per heavy atom. The van der Waals surface area contributed by atoms with Crippen molar-refractivity contribution >= 4 is 11.6 Å². The molecular weight excluding hydrogens is 260 g/mol. The van der Waals surface area contributed by atoms with Gasteiger partial charge in [-0.15, -0.1) is 0 Å². The van der Waals surface area contributed by atoms with Crippen molar-refractivity contribution in [2.45, 2.75) is 33.1 Å². The van der Waals surface area contributed by atoms with Crippen LogP contribution in [0.1, 0.15) is 36.2 Å². The molecular formula is C17H24N4. The zero-order valence-corrected chi connectivity index (χ0v) is 13.3. The second kappa shape index (κ2) is 7.07. The third kappa shape index (κ3) is 3.94. The molecule has 112 valence electrons. The molecule has 0 aliphatic carbocycles. The van der Waals surface area contributed by atoms with Gasteiger partial charge in [-0.1, -0.05) is 37.3 Å². The molecule has 2 rings (SSSR count). The van der Waals surface area contributed by atoms with E-state index >= 15 is 0 Å². The number of aromatic nitrogens is 2. The average molecular weight is 284 g/mol. The number of benzene rings is 1. The minimum atomic E-state index is 0.533. The molecule has 0 bridgehead atoms. The first-order valence-corrected chi connectivity index (χ1v) is 7.43. The molecule has 1 aromatic heterocycles. The van der Waals surface area contributed by atoms with E-state index in [2.05, 4.69) is 57.9 Å². The van der Waals surface area contributed by atoms with Gasteiger partial charge in [0.15, 0.2) is 0 Å². The molecule has 4 heteroatoms. The average Bonchev–Trinajstić information content (AvgIpc) is 2.51. The zero-order valence-electron chi connectivity index (χ0n) is 13.3. The van der Waals surface area contributed by atoms with Gasteiger partial charge in [0.25, 0.3) is 0 Å². The molecule has 0 saturated heterocycles. The van der Waals surface area contributed by atoms with Crippen LogP contribution >= 0.6 is 0 Å². The lowest BCUT2D eigenvalue weighted by atomic mass is 9.98. The fraction of sp³-hybridized carbons (Fsp3) is 0.412. The highest BCUT2D eigenvalue weighted by atomic mass is 15.1. The van der Waals surface area contributed by atoms with E-state index in [4.69, 9.17) is 0 Å². The Morgan fingerprint density at radius 2 is 1.71 bits per heavy atom. The molecule has 0 saturated carbocycles. The first-order valence-electron chi connectivity index (χ1n) is 7.43. The predicted molar refractivity (Wildman–Crippen MR) is 89.0 cm³/mol. The topological polar surface area (TPSA) is 49.8 Å². The van der Waals surface area contributed by atoms with Crippen LogP contribution in [-0.2, 0) is 0 Å². The number of nitrogens with one attached hydrogen (secondary N) is 2. The number of rotatable bonds is 6. The smallest absolute Gasteiger partial charge is 0.134 e. The quantitative estimate of drug-likeness (QED) is 0.848. The van der Waals surface area contributed by atoms with Gasteiger partial charge in [-0.05, 0) is 31.7 Å². The number of hydrogen-bond acceptors (Lipinski definition) is 4. The molecule has 2 aromatic rings. The van der Waals surface area contributed by atoms with Gasteiger partial charge in [0.2, 0.25) is 0 Å². The van der Waals surface area contributed by atoms with Crippen molar-refractivity contribution in [1.82, 2.24) is 9.97 Å². The largest absolute Gasteiger partial charge is 0.373 e. The van der Waals surface area contributed by atoms with Crippen molar-refractivity contribution in [2.75, 3.05) is 24.2 Å². The fourth-order valence-corrected chi connectivity index (χ4v) is 2.40. The number of nitrogens with zero attached hydrogens (tertiary/aromatic N) is 2. The maximum Gasteiger partial charge on any atom is 0.134 e. The Labute approximate surface area is 127 Å². The molecule has 1 heterocycles. The van der Waals surface area contributed by atoms with Gasteiger partial charge >= 0.3 is 0 Å². The molecule has 0 aliphatic heterocycles. The Balaban J connectivity index is 1.96. The second-order valence-corrected chi connectivity index (χ2v) is 5.37. The molecule has 4 nitrogen and oxygen atoms in total. The van der Waals surface area contributed by atoms with Crippen molar-refractivity contribution in [2.24, 2.45) is 0 Å². The number of aryl methyl sites for hydroxylation is 1. The van der Waals surface area contributed by atoms with Crippen LogP contribution < -0.4 is 10.6 Å². The van der Waals surface area contributed by atoms with Gasteiger partial charge in [-0.3, -0.25) is 0 Å². The highest BCUT2D eigenvalue weighted by molar-refractivity contribution is 5.56. The number of anilines is 2. The van der Waals surface area contributed by atoms with Crippen molar-refractivity contribution in [3.63, 3.8) is 0 Å². The summed E-state index contributed by atoms with van der Waals surface area (Å²) in [5.74, 6) is 3.13. The summed E-state index contributed by atoms with van der Waals surface area (Å²) in [6, 6.07) is 10.6. The molecule has 21 heavy (non-hydrogen) atoms. The zero-order chi connectivity index (χ0) is 15.2. The lowest BCUT2D eigenvalue weighted by Gasteiger charge is -2.15. The molecule has 0 aliphatic rings. The lowest BCUT2D eigenvalue weighted by molar-refractivity contribution is 0.704. The maximum absolute atomic E-state index is 4.49. The third-order valence-corrected chi connectivity index (χ3v) is 3.73. The van der Waals surface area contributed by atoms with Gasteiger partial charge in [0.05, 0.1) is 0 Å². The van der Waals surface area contributed by atoms with Crippen LogP contribution in [-0.4, -0.2) is 23.6 Å². The Hall–Kier alpha value is -2.10. The normalized spacial score (nSPS) is 12.0. The molecule has 1 aromatic carbocycles. The summed E-state index contributed by atoms with van der Waals surface area (Å²) in [6.45, 7) is 7.11. The minimum Gasteiger partial charge on any atom is -0.373 e. The van der Waals surface area contributed by atoms with Gasteiger partial charge in [0, 0.05) is 19.2 Å². The van der Waals surface area contributed by atoms with E-state index in [0.717, 1.165) is 36.0 Å². The first-order chi connectivity index (χ1) is 10.1. The summed E-state index contributed by atoms with van der Waals surface area (Å²) in [4.78, 5) is 8.87. The van der Waals surface area contributed by atoms with Gasteiger partial charge in [0.1, 0.15) is 17.5 Å². The van der Waals surface area contributed by atoms with Crippen LogP contribution in [0.3, 0.4) is 0 Å². The molecule has 1 atom stereocenters. The summed E-state index contributed by atoms with van der Waals surface area (Å²) in [5, 5.41) is 6.55. The molecule has 2 N–H and O–H groups in total. The van der Waals surface area contributed by atoms with Crippen molar-refractivity contribution in [1.29, 1.82) is 0 Å². The van der Waals surface area contributed by atoms with E-state index in [1.807, 2.05) is 20.9 Å². The summed E-state index contributed by atoms with van der Waals surface area (Å²) >= 11 is 0. The van der Waals surface area contributed by atoms with E-state index < -0.39 is 0 Å². The highest BCUT2D eigenvalue weighted by Crippen LogP contribution is 2.21. The monoisotopic (exact) mass is 284 g/mol. The third-order valence-electron chi connectivity index (χ3n) is 3.73. The van der Waals surface area contributed by atoms with Gasteiger partial charge in [-0.2, -0.15) is 0 Å². The summed E-state index contributed by atoms with van der Waals surface area (Å²) < 4.78 is 0. The van der Waals surface area contributed by atoms with Crippen LogP contribution in [0.4, 0.5) is 11.6 Å². The lowest BCUT2D eigenvalue weighted by Crippen LogP contribution is -2.11. The van der Waals surface area contributed by atoms with E-state index in [-0.39, 0.29) is 0 Å². The van der Waals surface area contributed by atoms with E-state index in [1.54, 1.807) is 0 Å². The Kier molecular flexibility index (Phi) is 5.14. The van der Waals surface area contributed by atoms with Crippen LogP contribution in [0.2, 0.25) is 0 Å². The molecule has 0 radical (unpaired) electrons. The predicted octanol–water partition coefficient (Wildman–Crippen LogP) is 3.74. The summed E-state index contributed by atoms with van der Waals surface area (Å²) in [5.41, 5.74) is 2.45. The van der Waals surface area contributed by atoms with Crippen LogP contribution in [0.15, 0.2) is 30.3 Å². The minimum absolute atomic E-state index is 0.533. The SMILES string of the molecule is CNc1nc(C)nc(NCCC(C)c2ccccc2)c1C. The Morgan fingerprint density at radius 3 is 2.38 bits per heavy atom.